The van der Waals surface area contributed by atoms with Crippen LogP contribution in [0.3, 0.4) is 0 Å². The number of carbonyl (C=O) groups is 2. The summed E-state index contributed by atoms with van der Waals surface area (Å²) < 4.78 is 4.70. The summed E-state index contributed by atoms with van der Waals surface area (Å²) in [4.78, 5) is 29.1. The van der Waals surface area contributed by atoms with Gasteiger partial charge in [0, 0.05) is 44.5 Å². The number of anilines is 2. The van der Waals surface area contributed by atoms with Crippen molar-refractivity contribution in [2.24, 2.45) is 0 Å². The van der Waals surface area contributed by atoms with Crippen LogP contribution in [0.25, 0.3) is 0 Å². The van der Waals surface area contributed by atoms with Gasteiger partial charge in [-0.05, 0) is 37.2 Å². The summed E-state index contributed by atoms with van der Waals surface area (Å²) in [5.74, 6) is 0. The maximum atomic E-state index is 11.9. The molecule has 1 fully saturated rings. The quantitative estimate of drug-likeness (QED) is 0.799. The molecule has 0 aliphatic carbocycles. The predicted molar refractivity (Wildman–Crippen MR) is 92.4 cm³/mol. The zero-order chi connectivity index (χ0) is 17.6. The maximum Gasteiger partial charge on any atom is 0.420 e. The first-order chi connectivity index (χ1) is 11.2. The predicted octanol–water partition coefficient (Wildman–Crippen LogP) is 2.29. The molecule has 2 amide bonds. The smallest absolute Gasteiger partial charge is 0.359 e. The number of hydrogen-bond acceptors (Lipinski definition) is 5. The molecule has 1 N–H and O–H groups in total. The van der Waals surface area contributed by atoms with Gasteiger partial charge in [-0.1, -0.05) is 6.92 Å². The van der Waals surface area contributed by atoms with Crippen LogP contribution in [-0.4, -0.2) is 62.9 Å². The number of nitrogens with zero attached hydrogens (tertiary/aromatic N) is 3. The second kappa shape index (κ2) is 5.66. The highest BCUT2D eigenvalue weighted by atomic mass is 16.6. The number of ether oxygens (including phenoxy) is 1. The number of rotatable bonds is 1. The van der Waals surface area contributed by atoms with Gasteiger partial charge in [0.1, 0.15) is 0 Å². The molecule has 1 aromatic rings. The van der Waals surface area contributed by atoms with Crippen molar-refractivity contribution in [3.63, 3.8) is 0 Å². The largest absolute Gasteiger partial charge is 0.420 e. The highest BCUT2D eigenvalue weighted by Gasteiger charge is 2.52. The molecule has 2 heterocycles. The standard InChI is InChI=1S/C17H24N4O3/c1-17-8-9-20(4)14(17)21(5)13-7-6-11(10-12(13)17)18-15(22)24-16(23)19(2)3/h6-7,10,14H,8-9H2,1-5H3,(H,18,22)/t14-,17-/m0/s1. The lowest BCUT2D eigenvalue weighted by atomic mass is 9.81. The molecule has 0 bridgehead atoms. The minimum Gasteiger partial charge on any atom is -0.359 e. The molecule has 3 rings (SSSR count). The Bertz CT molecular complexity index is 690. The Hall–Kier alpha value is -2.28. The van der Waals surface area contributed by atoms with Crippen molar-refractivity contribution in [2.75, 3.05) is 45.0 Å². The molecule has 1 aromatic carbocycles. The normalized spacial score (nSPS) is 25.2. The number of likely N-dealkylation sites (tertiary alicyclic amines) is 1. The molecule has 0 unspecified atom stereocenters. The lowest BCUT2D eigenvalue weighted by Gasteiger charge is -2.32. The van der Waals surface area contributed by atoms with Crippen LogP contribution in [0, 0.1) is 0 Å². The summed E-state index contributed by atoms with van der Waals surface area (Å²) in [5.41, 5.74) is 3.06. The second-order valence-corrected chi connectivity index (χ2v) is 7.04. The number of likely N-dealkylation sites (N-methyl/N-ethyl adjacent to an activating group) is 2. The third kappa shape index (κ3) is 2.49. The van der Waals surface area contributed by atoms with E-state index in [-0.39, 0.29) is 5.41 Å². The van der Waals surface area contributed by atoms with E-state index in [1.165, 1.54) is 30.2 Å². The fourth-order valence-corrected chi connectivity index (χ4v) is 3.97. The lowest BCUT2D eigenvalue weighted by molar-refractivity contribution is 0.138. The van der Waals surface area contributed by atoms with Crippen molar-refractivity contribution in [1.82, 2.24) is 9.80 Å². The molecule has 7 nitrogen and oxygen atoms in total. The zero-order valence-electron chi connectivity index (χ0n) is 14.8. The fourth-order valence-electron chi connectivity index (χ4n) is 3.97. The minimum atomic E-state index is -0.773. The number of benzene rings is 1. The van der Waals surface area contributed by atoms with E-state index in [1.54, 1.807) is 0 Å². The molecule has 2 aliphatic rings. The number of amides is 2. The Morgan fingerprint density at radius 3 is 2.71 bits per heavy atom. The van der Waals surface area contributed by atoms with E-state index < -0.39 is 12.2 Å². The molecular weight excluding hydrogens is 308 g/mol. The SMILES string of the molecule is CN(C)C(=O)OC(=O)Nc1ccc2c(c1)[C@]1(C)CCN(C)[C@H]1N2C. The van der Waals surface area contributed by atoms with Crippen LogP contribution < -0.4 is 10.2 Å². The van der Waals surface area contributed by atoms with E-state index in [0.717, 1.165) is 13.0 Å². The Labute approximate surface area is 142 Å². The van der Waals surface area contributed by atoms with Crippen molar-refractivity contribution in [2.45, 2.75) is 24.9 Å². The molecule has 0 aromatic heterocycles. The van der Waals surface area contributed by atoms with Crippen LogP contribution in [0.2, 0.25) is 0 Å². The third-order valence-corrected chi connectivity index (χ3v) is 5.12. The molecular formula is C17H24N4O3. The van der Waals surface area contributed by atoms with Gasteiger partial charge in [-0.25, -0.2) is 9.59 Å². The molecule has 0 radical (unpaired) electrons. The number of nitrogens with one attached hydrogen (secondary N) is 1. The van der Waals surface area contributed by atoms with Gasteiger partial charge in [0.05, 0.1) is 6.17 Å². The fraction of sp³-hybridized carbons (Fsp3) is 0.529. The minimum absolute atomic E-state index is 0.0277. The molecule has 7 heteroatoms. The van der Waals surface area contributed by atoms with Crippen LogP contribution in [0.5, 0.6) is 0 Å². The highest BCUT2D eigenvalue weighted by molar-refractivity contribution is 5.92. The summed E-state index contributed by atoms with van der Waals surface area (Å²) in [6.45, 7) is 3.31. The first kappa shape index (κ1) is 16.6. The van der Waals surface area contributed by atoms with Crippen molar-refractivity contribution in [3.05, 3.63) is 23.8 Å². The average molecular weight is 332 g/mol. The maximum absolute atomic E-state index is 11.9. The summed E-state index contributed by atoms with van der Waals surface area (Å²) in [5, 5.41) is 2.64. The average Bonchev–Trinajstić information content (AvgIpc) is 2.93. The van der Waals surface area contributed by atoms with Gasteiger partial charge in [-0.2, -0.15) is 0 Å². The van der Waals surface area contributed by atoms with Crippen molar-refractivity contribution < 1.29 is 14.3 Å². The molecule has 0 saturated carbocycles. The van der Waals surface area contributed by atoms with Crippen molar-refractivity contribution in [3.8, 4) is 0 Å². The van der Waals surface area contributed by atoms with E-state index in [0.29, 0.717) is 11.9 Å². The summed E-state index contributed by atoms with van der Waals surface area (Å²) in [7, 11) is 7.30. The van der Waals surface area contributed by atoms with E-state index in [1.807, 2.05) is 18.2 Å². The summed E-state index contributed by atoms with van der Waals surface area (Å²) >= 11 is 0. The van der Waals surface area contributed by atoms with Gasteiger partial charge in [-0.3, -0.25) is 10.2 Å². The zero-order valence-corrected chi connectivity index (χ0v) is 14.8. The number of fused-ring (bicyclic) bond motifs is 3. The van der Waals surface area contributed by atoms with Gasteiger partial charge in [0.25, 0.3) is 0 Å². The monoisotopic (exact) mass is 332 g/mol. The third-order valence-electron chi connectivity index (χ3n) is 5.12. The highest BCUT2D eigenvalue weighted by Crippen LogP contribution is 2.51. The van der Waals surface area contributed by atoms with Crippen LogP contribution in [0.4, 0.5) is 21.0 Å². The van der Waals surface area contributed by atoms with E-state index in [9.17, 15) is 9.59 Å². The molecule has 24 heavy (non-hydrogen) atoms. The molecule has 0 spiro atoms. The first-order valence-corrected chi connectivity index (χ1v) is 8.02. The van der Waals surface area contributed by atoms with Crippen LogP contribution >= 0.6 is 0 Å². The molecule has 130 valence electrons. The van der Waals surface area contributed by atoms with E-state index in [4.69, 9.17) is 4.74 Å². The number of carbonyl (C=O) groups excluding carboxylic acids is 2. The van der Waals surface area contributed by atoms with E-state index in [2.05, 4.69) is 36.1 Å². The Kier molecular flexibility index (Phi) is 3.91. The molecule has 2 atom stereocenters. The van der Waals surface area contributed by atoms with Crippen LogP contribution in [-0.2, 0) is 10.2 Å². The number of hydrogen-bond donors (Lipinski definition) is 1. The van der Waals surface area contributed by atoms with Gasteiger partial charge in [0.15, 0.2) is 0 Å². The van der Waals surface area contributed by atoms with Crippen molar-refractivity contribution in [1.29, 1.82) is 0 Å². The topological polar surface area (TPSA) is 65.1 Å². The van der Waals surface area contributed by atoms with Crippen LogP contribution in [0.15, 0.2) is 18.2 Å². The van der Waals surface area contributed by atoms with Gasteiger partial charge < -0.3 is 14.5 Å². The van der Waals surface area contributed by atoms with Gasteiger partial charge in [0.2, 0.25) is 0 Å². The lowest BCUT2D eigenvalue weighted by Crippen LogP contribution is -2.45. The second-order valence-electron chi connectivity index (χ2n) is 7.04. The Morgan fingerprint density at radius 2 is 2.04 bits per heavy atom. The summed E-state index contributed by atoms with van der Waals surface area (Å²) in [6.07, 6.45) is -0.0773. The van der Waals surface area contributed by atoms with Gasteiger partial charge >= 0.3 is 12.2 Å². The van der Waals surface area contributed by atoms with E-state index >= 15 is 0 Å². The Morgan fingerprint density at radius 1 is 1.33 bits per heavy atom. The van der Waals surface area contributed by atoms with Crippen LogP contribution in [0.1, 0.15) is 18.9 Å². The first-order valence-electron chi connectivity index (χ1n) is 8.02. The molecule has 1 saturated heterocycles. The van der Waals surface area contributed by atoms with Crippen molar-refractivity contribution >= 4 is 23.6 Å². The molecule has 2 aliphatic heterocycles. The summed E-state index contributed by atoms with van der Waals surface area (Å²) in [6, 6.07) is 5.84. The van der Waals surface area contributed by atoms with Gasteiger partial charge in [-0.15, -0.1) is 0 Å². The Balaban J connectivity index is 1.82.